The monoisotopic (exact) mass is 349 g/mol. The summed E-state index contributed by atoms with van der Waals surface area (Å²) in [5.74, 6) is 0.541. The fourth-order valence-electron chi connectivity index (χ4n) is 3.96. The molecule has 138 valence electrons. The van der Waals surface area contributed by atoms with Gasteiger partial charge >= 0.3 is 0 Å². The average molecular weight is 350 g/mol. The molecule has 0 heterocycles. The lowest BCUT2D eigenvalue weighted by molar-refractivity contribution is -0.126. The van der Waals surface area contributed by atoms with Crippen LogP contribution in [0.5, 0.6) is 0 Å². The van der Waals surface area contributed by atoms with E-state index in [0.29, 0.717) is 5.92 Å². The van der Waals surface area contributed by atoms with Crippen LogP contribution in [0.15, 0.2) is 54.6 Å². The number of hydrogen-bond acceptors (Lipinski definition) is 1. The van der Waals surface area contributed by atoms with Crippen molar-refractivity contribution in [3.05, 3.63) is 71.3 Å². The van der Waals surface area contributed by atoms with Crippen LogP contribution < -0.4 is 5.32 Å². The lowest BCUT2D eigenvalue weighted by Crippen LogP contribution is -2.47. The van der Waals surface area contributed by atoms with Crippen molar-refractivity contribution in [2.45, 2.75) is 51.9 Å². The molecule has 2 aromatic carbocycles. The molecule has 0 aliphatic heterocycles. The van der Waals surface area contributed by atoms with Gasteiger partial charge < -0.3 is 5.32 Å². The van der Waals surface area contributed by atoms with Crippen molar-refractivity contribution >= 4 is 5.91 Å². The first-order chi connectivity index (χ1) is 12.5. The smallest absolute Gasteiger partial charge is 0.223 e. The molecule has 1 aliphatic carbocycles. The second-order valence-electron chi connectivity index (χ2n) is 8.26. The van der Waals surface area contributed by atoms with Gasteiger partial charge in [-0.3, -0.25) is 4.79 Å². The Hall–Kier alpha value is -2.09. The summed E-state index contributed by atoms with van der Waals surface area (Å²) in [4.78, 5) is 13.0. The Balaban J connectivity index is 1.65. The fourth-order valence-corrected chi connectivity index (χ4v) is 3.96. The molecule has 1 saturated carbocycles. The number of carbonyl (C=O) groups is 1. The summed E-state index contributed by atoms with van der Waals surface area (Å²) in [5.41, 5.74) is 4.01. The predicted molar refractivity (Wildman–Crippen MR) is 108 cm³/mol. The number of hydrogen-bond donors (Lipinski definition) is 1. The number of benzene rings is 2. The molecule has 0 saturated heterocycles. The van der Waals surface area contributed by atoms with E-state index >= 15 is 0 Å². The summed E-state index contributed by atoms with van der Waals surface area (Å²) in [6.07, 6.45) is 4.40. The van der Waals surface area contributed by atoms with E-state index < -0.39 is 0 Å². The summed E-state index contributed by atoms with van der Waals surface area (Å²) in [7, 11) is 0. The number of amides is 1. The molecule has 1 aliphatic rings. The van der Waals surface area contributed by atoms with Gasteiger partial charge in [0.05, 0.1) is 0 Å². The van der Waals surface area contributed by atoms with E-state index in [2.05, 4.69) is 80.7 Å². The van der Waals surface area contributed by atoms with E-state index in [1.165, 1.54) is 36.0 Å². The van der Waals surface area contributed by atoms with E-state index in [-0.39, 0.29) is 17.2 Å². The van der Waals surface area contributed by atoms with Gasteiger partial charge in [0.1, 0.15) is 0 Å². The Bertz CT molecular complexity index is 714. The van der Waals surface area contributed by atoms with Gasteiger partial charge in [-0.2, -0.15) is 0 Å². The number of rotatable bonds is 7. The molecule has 1 N–H and O–H groups in total. The largest absolute Gasteiger partial charge is 0.355 e. The number of aryl methyl sites for hydroxylation is 1. The van der Waals surface area contributed by atoms with Crippen molar-refractivity contribution in [2.75, 3.05) is 6.54 Å². The SMILES string of the molecule is Cc1ccc(CC(C(=O)NCC2(c3ccccc3)CCC2)C(C)C)cc1. The quantitative estimate of drug-likeness (QED) is 0.745. The molecule has 0 bridgehead atoms. The molecule has 1 fully saturated rings. The molecule has 1 unspecified atom stereocenters. The molecular weight excluding hydrogens is 318 g/mol. The van der Waals surface area contributed by atoms with Gasteiger partial charge in [0.2, 0.25) is 5.91 Å². The zero-order valence-electron chi connectivity index (χ0n) is 16.3. The van der Waals surface area contributed by atoms with Gasteiger partial charge in [0, 0.05) is 17.9 Å². The first-order valence-electron chi connectivity index (χ1n) is 9.89. The molecule has 0 radical (unpaired) electrons. The van der Waals surface area contributed by atoms with Gasteiger partial charge in [-0.25, -0.2) is 0 Å². The first kappa shape index (κ1) is 18.7. The molecule has 0 aromatic heterocycles. The fraction of sp³-hybridized carbons (Fsp3) is 0.458. The Morgan fingerprint density at radius 3 is 2.23 bits per heavy atom. The minimum Gasteiger partial charge on any atom is -0.355 e. The molecular formula is C24H31NO. The second-order valence-corrected chi connectivity index (χ2v) is 8.26. The van der Waals surface area contributed by atoms with Gasteiger partial charge in [-0.15, -0.1) is 0 Å². The number of carbonyl (C=O) groups excluding carboxylic acids is 1. The summed E-state index contributed by atoms with van der Waals surface area (Å²) in [6, 6.07) is 19.2. The third kappa shape index (κ3) is 4.17. The van der Waals surface area contributed by atoms with Crippen molar-refractivity contribution in [1.29, 1.82) is 0 Å². The lowest BCUT2D eigenvalue weighted by Gasteiger charge is -2.43. The molecule has 3 rings (SSSR count). The zero-order chi connectivity index (χ0) is 18.6. The first-order valence-corrected chi connectivity index (χ1v) is 9.89. The maximum Gasteiger partial charge on any atom is 0.223 e. The van der Waals surface area contributed by atoms with Crippen molar-refractivity contribution in [1.82, 2.24) is 5.32 Å². The van der Waals surface area contributed by atoms with Crippen LogP contribution in [0, 0.1) is 18.8 Å². The molecule has 2 heteroatoms. The van der Waals surface area contributed by atoms with Gasteiger partial charge in [-0.05, 0) is 43.2 Å². The minimum absolute atomic E-state index is 0.0191. The van der Waals surface area contributed by atoms with Crippen LogP contribution in [0.25, 0.3) is 0 Å². The Morgan fingerprint density at radius 2 is 1.69 bits per heavy atom. The molecule has 0 spiro atoms. The van der Waals surface area contributed by atoms with E-state index in [0.717, 1.165) is 13.0 Å². The van der Waals surface area contributed by atoms with E-state index in [1.54, 1.807) is 0 Å². The summed E-state index contributed by atoms with van der Waals surface area (Å²) < 4.78 is 0. The van der Waals surface area contributed by atoms with E-state index in [4.69, 9.17) is 0 Å². The van der Waals surface area contributed by atoms with Crippen molar-refractivity contribution in [3.63, 3.8) is 0 Å². The van der Waals surface area contributed by atoms with Crippen LogP contribution >= 0.6 is 0 Å². The maximum atomic E-state index is 13.0. The van der Waals surface area contributed by atoms with Crippen molar-refractivity contribution in [3.8, 4) is 0 Å². The topological polar surface area (TPSA) is 29.1 Å². The van der Waals surface area contributed by atoms with Gasteiger partial charge in [0.25, 0.3) is 0 Å². The molecule has 2 aromatic rings. The Labute approximate surface area is 158 Å². The molecule has 26 heavy (non-hydrogen) atoms. The van der Waals surface area contributed by atoms with E-state index in [1.807, 2.05) is 0 Å². The van der Waals surface area contributed by atoms with Crippen LogP contribution in [-0.4, -0.2) is 12.5 Å². The summed E-state index contributed by atoms with van der Waals surface area (Å²) in [5, 5.41) is 3.30. The minimum atomic E-state index is 0.0191. The number of nitrogens with one attached hydrogen (secondary N) is 1. The third-order valence-electron chi connectivity index (χ3n) is 6.02. The Kier molecular flexibility index (Phi) is 5.80. The van der Waals surface area contributed by atoms with Crippen LogP contribution in [0.3, 0.4) is 0 Å². The highest BCUT2D eigenvalue weighted by molar-refractivity contribution is 5.79. The molecule has 2 nitrogen and oxygen atoms in total. The van der Waals surface area contributed by atoms with Crippen molar-refractivity contribution < 1.29 is 4.79 Å². The highest BCUT2D eigenvalue weighted by atomic mass is 16.1. The lowest BCUT2D eigenvalue weighted by atomic mass is 9.64. The van der Waals surface area contributed by atoms with Crippen LogP contribution in [0.1, 0.15) is 49.8 Å². The molecule has 1 amide bonds. The van der Waals surface area contributed by atoms with E-state index in [9.17, 15) is 4.79 Å². The normalized spacial score (nSPS) is 16.8. The maximum absolute atomic E-state index is 13.0. The van der Waals surface area contributed by atoms with Crippen LogP contribution in [0.2, 0.25) is 0 Å². The standard InChI is InChI=1S/C24H31NO/c1-18(2)22(16-20-12-10-19(3)11-13-20)23(26)25-17-24(14-7-15-24)21-8-5-4-6-9-21/h4-6,8-13,18,22H,7,14-17H2,1-3H3,(H,25,26). The van der Waals surface area contributed by atoms with Crippen molar-refractivity contribution in [2.24, 2.45) is 11.8 Å². The second kappa shape index (κ2) is 8.07. The highest BCUT2D eigenvalue weighted by Crippen LogP contribution is 2.43. The van der Waals surface area contributed by atoms with Crippen LogP contribution in [0.4, 0.5) is 0 Å². The Morgan fingerprint density at radius 1 is 1.04 bits per heavy atom. The van der Waals surface area contributed by atoms with Gasteiger partial charge in [0.15, 0.2) is 0 Å². The van der Waals surface area contributed by atoms with Gasteiger partial charge in [-0.1, -0.05) is 80.4 Å². The highest BCUT2D eigenvalue weighted by Gasteiger charge is 2.39. The zero-order valence-corrected chi connectivity index (χ0v) is 16.3. The molecule has 1 atom stereocenters. The average Bonchev–Trinajstić information content (AvgIpc) is 2.60. The summed E-state index contributed by atoms with van der Waals surface area (Å²) >= 11 is 0. The predicted octanol–water partition coefficient (Wildman–Crippen LogP) is 5.05. The third-order valence-corrected chi connectivity index (χ3v) is 6.02. The summed E-state index contributed by atoms with van der Waals surface area (Å²) in [6.45, 7) is 7.15. The van der Waals surface area contributed by atoms with Crippen LogP contribution in [-0.2, 0) is 16.6 Å².